The van der Waals surface area contributed by atoms with Gasteiger partial charge in [0.15, 0.2) is 17.5 Å². The van der Waals surface area contributed by atoms with E-state index in [0.29, 0.717) is 11.1 Å². The zero-order valence-corrected chi connectivity index (χ0v) is 18.1. The van der Waals surface area contributed by atoms with Crippen molar-refractivity contribution in [1.82, 2.24) is 9.55 Å². The lowest BCUT2D eigenvalue weighted by Gasteiger charge is -2.17. The zero-order valence-electron chi connectivity index (χ0n) is 17.3. The van der Waals surface area contributed by atoms with E-state index in [0.717, 1.165) is 30.3 Å². The third-order valence-electron chi connectivity index (χ3n) is 4.54. The van der Waals surface area contributed by atoms with Gasteiger partial charge in [0.1, 0.15) is 29.7 Å². The van der Waals surface area contributed by atoms with Crippen molar-refractivity contribution in [3.63, 3.8) is 0 Å². The number of nitrogens with zero attached hydrogens (tertiary/aromatic N) is 2. The molecule has 3 aromatic rings. The molecule has 2 N–H and O–H groups in total. The summed E-state index contributed by atoms with van der Waals surface area (Å²) in [5.41, 5.74) is 3.92. The summed E-state index contributed by atoms with van der Waals surface area (Å²) in [7, 11) is 0. The van der Waals surface area contributed by atoms with Crippen molar-refractivity contribution in [2.45, 2.75) is 25.9 Å². The summed E-state index contributed by atoms with van der Waals surface area (Å²) in [4.78, 5) is 27.8. The molecule has 0 aliphatic heterocycles. The van der Waals surface area contributed by atoms with Crippen LogP contribution in [0.1, 0.15) is 17.0 Å². The summed E-state index contributed by atoms with van der Waals surface area (Å²) in [6.07, 6.45) is -5.39. The van der Waals surface area contributed by atoms with Crippen LogP contribution in [0.25, 0.3) is 5.69 Å². The van der Waals surface area contributed by atoms with Crippen LogP contribution in [0, 0.1) is 17.5 Å². The van der Waals surface area contributed by atoms with Gasteiger partial charge in [-0.25, -0.2) is 18.0 Å². The molecule has 3 rings (SSSR count). The van der Waals surface area contributed by atoms with Crippen molar-refractivity contribution < 1.29 is 40.6 Å². The largest absolute Gasteiger partial charge is 0.490 e. The lowest BCUT2D eigenvalue weighted by Crippen LogP contribution is -2.30. The van der Waals surface area contributed by atoms with Crippen molar-refractivity contribution in [1.29, 1.82) is 0 Å². The maximum Gasteiger partial charge on any atom is 0.490 e. The van der Waals surface area contributed by atoms with Gasteiger partial charge in [-0.15, -0.1) is 0 Å². The Bertz CT molecular complexity index is 1310. The molecule has 0 unspecified atom stereocenters. The van der Waals surface area contributed by atoms with E-state index in [1.54, 1.807) is 0 Å². The normalized spacial score (nSPS) is 11.4. The van der Waals surface area contributed by atoms with Crippen LogP contribution >= 0.6 is 11.6 Å². The standard InChI is InChI=1S/C21H14ClF6N3O4/c22-16-18(34-8-10-4-5-12(23)6-11(10)7-29)30-15(9-35-20(33)21(26,27)28)31(19(16)32)17-13(24)2-1-3-14(17)25/h1-6H,7-9,29H2. The first-order valence-corrected chi connectivity index (χ1v) is 9.91. The van der Waals surface area contributed by atoms with Gasteiger partial charge in [0.25, 0.3) is 5.56 Å². The van der Waals surface area contributed by atoms with Crippen LogP contribution in [0.4, 0.5) is 26.3 Å². The van der Waals surface area contributed by atoms with Gasteiger partial charge in [0, 0.05) is 6.54 Å². The maximum absolute atomic E-state index is 14.4. The minimum atomic E-state index is -5.39. The minimum Gasteiger partial charge on any atom is -0.472 e. The number of para-hydroxylation sites is 1. The predicted molar refractivity (Wildman–Crippen MR) is 109 cm³/mol. The number of benzene rings is 2. The summed E-state index contributed by atoms with van der Waals surface area (Å²) in [6.45, 7) is -1.76. The lowest BCUT2D eigenvalue weighted by molar-refractivity contribution is -0.201. The van der Waals surface area contributed by atoms with Crippen molar-refractivity contribution in [3.05, 3.63) is 86.2 Å². The Labute approximate surface area is 197 Å². The van der Waals surface area contributed by atoms with Crippen molar-refractivity contribution >= 4 is 17.6 Å². The Morgan fingerprint density at radius 3 is 2.31 bits per heavy atom. The van der Waals surface area contributed by atoms with E-state index in [1.807, 2.05) is 0 Å². The Kier molecular flexibility index (Phi) is 7.70. The molecule has 186 valence electrons. The van der Waals surface area contributed by atoms with Crippen LogP contribution < -0.4 is 16.0 Å². The molecule has 0 atom stereocenters. The third-order valence-corrected chi connectivity index (χ3v) is 4.87. The van der Waals surface area contributed by atoms with Crippen LogP contribution in [0.2, 0.25) is 5.02 Å². The second-order valence-electron chi connectivity index (χ2n) is 6.84. The molecule has 14 heteroatoms. The first kappa shape index (κ1) is 26.0. The van der Waals surface area contributed by atoms with Crippen LogP contribution in [-0.4, -0.2) is 21.7 Å². The molecular weight excluding hydrogens is 508 g/mol. The van der Waals surface area contributed by atoms with E-state index < -0.39 is 64.2 Å². The Hall–Kier alpha value is -3.58. The van der Waals surface area contributed by atoms with Crippen LogP contribution in [0.5, 0.6) is 5.88 Å². The van der Waals surface area contributed by atoms with Gasteiger partial charge in [-0.2, -0.15) is 18.2 Å². The molecule has 35 heavy (non-hydrogen) atoms. The van der Waals surface area contributed by atoms with Gasteiger partial charge >= 0.3 is 12.1 Å². The number of carbonyl (C=O) groups excluding carboxylic acids is 1. The molecule has 0 amide bonds. The van der Waals surface area contributed by atoms with E-state index in [2.05, 4.69) is 9.72 Å². The number of rotatable bonds is 7. The molecule has 1 heterocycles. The van der Waals surface area contributed by atoms with Crippen LogP contribution in [-0.2, 0) is 29.3 Å². The zero-order chi connectivity index (χ0) is 25.9. The van der Waals surface area contributed by atoms with Gasteiger partial charge in [-0.1, -0.05) is 23.7 Å². The fourth-order valence-electron chi connectivity index (χ4n) is 2.93. The first-order chi connectivity index (χ1) is 16.4. The van der Waals surface area contributed by atoms with E-state index >= 15 is 0 Å². The smallest absolute Gasteiger partial charge is 0.472 e. The molecule has 0 saturated heterocycles. The molecule has 0 aliphatic carbocycles. The highest BCUT2D eigenvalue weighted by Gasteiger charge is 2.41. The fraction of sp³-hybridized carbons (Fsp3) is 0.190. The third kappa shape index (κ3) is 5.74. The number of ether oxygens (including phenoxy) is 2. The highest BCUT2D eigenvalue weighted by molar-refractivity contribution is 6.31. The molecule has 0 bridgehead atoms. The molecule has 7 nitrogen and oxygen atoms in total. The average Bonchev–Trinajstić information content (AvgIpc) is 2.79. The Balaban J connectivity index is 2.08. The molecular formula is C21H14ClF6N3O4. The number of alkyl halides is 3. The molecule has 0 radical (unpaired) electrons. The quantitative estimate of drug-likeness (QED) is 0.374. The van der Waals surface area contributed by atoms with Gasteiger partial charge in [0.05, 0.1) is 0 Å². The Morgan fingerprint density at radius 1 is 1.06 bits per heavy atom. The molecule has 1 aromatic heterocycles. The molecule has 0 fully saturated rings. The van der Waals surface area contributed by atoms with Crippen molar-refractivity contribution in [2.24, 2.45) is 5.73 Å². The second-order valence-corrected chi connectivity index (χ2v) is 7.22. The molecule has 2 aromatic carbocycles. The van der Waals surface area contributed by atoms with E-state index in [4.69, 9.17) is 22.1 Å². The second kappa shape index (κ2) is 10.4. The maximum atomic E-state index is 14.4. The minimum absolute atomic E-state index is 0.0790. The van der Waals surface area contributed by atoms with E-state index in [1.165, 1.54) is 6.07 Å². The summed E-state index contributed by atoms with van der Waals surface area (Å²) in [6, 6.07) is 6.10. The number of hydrogen-bond acceptors (Lipinski definition) is 6. The lowest BCUT2D eigenvalue weighted by atomic mass is 10.1. The summed E-state index contributed by atoms with van der Waals surface area (Å²) >= 11 is 5.99. The van der Waals surface area contributed by atoms with E-state index in [-0.39, 0.29) is 17.7 Å². The number of carbonyl (C=O) groups is 1. The SMILES string of the molecule is NCc1cc(F)ccc1COc1nc(COC(=O)C(F)(F)F)n(-c2c(F)cccc2F)c(=O)c1Cl. The number of aromatic nitrogens is 2. The predicted octanol–water partition coefficient (Wildman–Crippen LogP) is 3.95. The van der Waals surface area contributed by atoms with Crippen molar-refractivity contribution in [3.8, 4) is 11.6 Å². The first-order valence-electron chi connectivity index (χ1n) is 9.54. The number of hydrogen-bond donors (Lipinski definition) is 1. The number of esters is 1. The Morgan fingerprint density at radius 2 is 1.71 bits per heavy atom. The molecule has 0 spiro atoms. The van der Waals surface area contributed by atoms with Crippen LogP contribution in [0.15, 0.2) is 41.2 Å². The summed E-state index contributed by atoms with van der Waals surface area (Å²) in [5, 5.41) is -0.782. The summed E-state index contributed by atoms with van der Waals surface area (Å²) < 4.78 is 89.6. The summed E-state index contributed by atoms with van der Waals surface area (Å²) in [5.74, 6) is -7.23. The van der Waals surface area contributed by atoms with Gasteiger partial charge in [0.2, 0.25) is 5.88 Å². The fourth-order valence-corrected chi connectivity index (χ4v) is 3.11. The van der Waals surface area contributed by atoms with Crippen LogP contribution in [0.3, 0.4) is 0 Å². The monoisotopic (exact) mass is 521 g/mol. The topological polar surface area (TPSA) is 96.4 Å². The molecule has 0 saturated carbocycles. The van der Waals surface area contributed by atoms with Crippen molar-refractivity contribution in [2.75, 3.05) is 0 Å². The molecule has 0 aliphatic rings. The highest BCUT2D eigenvalue weighted by Crippen LogP contribution is 2.25. The highest BCUT2D eigenvalue weighted by atomic mass is 35.5. The van der Waals surface area contributed by atoms with E-state index in [9.17, 15) is 35.9 Å². The number of nitrogens with two attached hydrogens (primary N) is 1. The van der Waals surface area contributed by atoms with Gasteiger partial charge in [-0.05, 0) is 35.4 Å². The number of halogens is 7. The average molecular weight is 522 g/mol. The van der Waals surface area contributed by atoms with Gasteiger partial charge < -0.3 is 15.2 Å². The van der Waals surface area contributed by atoms with Gasteiger partial charge in [-0.3, -0.25) is 9.36 Å².